The molecule has 0 aromatic heterocycles. The Morgan fingerprint density at radius 1 is 0.765 bits per heavy atom. The average Bonchev–Trinajstić information content (AvgIpc) is 3.19. The average molecular weight is 491 g/mol. The molecule has 2 amide bonds. The van der Waals surface area contributed by atoms with E-state index in [-0.39, 0.29) is 25.0 Å². The number of hydrogen-bond donors (Lipinski definition) is 1. The van der Waals surface area contributed by atoms with E-state index in [0.29, 0.717) is 52.7 Å². The molecule has 0 saturated heterocycles. The van der Waals surface area contributed by atoms with E-state index in [9.17, 15) is 14.4 Å². The van der Waals surface area contributed by atoms with Crippen molar-refractivity contribution in [2.45, 2.75) is 60.3 Å². The van der Waals surface area contributed by atoms with Crippen LogP contribution < -0.4 is 5.32 Å². The summed E-state index contributed by atoms with van der Waals surface area (Å²) < 4.78 is 21.0. The van der Waals surface area contributed by atoms with Gasteiger partial charge in [-0.3, -0.25) is 14.5 Å². The van der Waals surface area contributed by atoms with Crippen molar-refractivity contribution in [2.24, 2.45) is 0 Å². The summed E-state index contributed by atoms with van der Waals surface area (Å²) in [4.78, 5) is 33.7. The van der Waals surface area contributed by atoms with Gasteiger partial charge in [0.2, 0.25) is 0 Å². The van der Waals surface area contributed by atoms with Crippen LogP contribution in [0.4, 0.5) is 0 Å². The number of rotatable bonds is 19. The first kappa shape index (κ1) is 36.9. The summed E-state index contributed by atoms with van der Waals surface area (Å²) in [5, 5.41) is 3.10. The van der Waals surface area contributed by atoms with Crippen LogP contribution in [0.15, 0.2) is 12.2 Å². The zero-order valence-electron chi connectivity index (χ0n) is 22.4. The van der Waals surface area contributed by atoms with Gasteiger partial charge in [0.15, 0.2) is 0 Å². The van der Waals surface area contributed by atoms with Gasteiger partial charge >= 0.3 is 0 Å². The van der Waals surface area contributed by atoms with Crippen molar-refractivity contribution < 1.29 is 33.3 Å². The lowest BCUT2D eigenvalue weighted by Crippen LogP contribution is -2.33. The highest BCUT2D eigenvalue weighted by Gasteiger charge is 2.22. The van der Waals surface area contributed by atoms with Crippen molar-refractivity contribution in [3.8, 4) is 0 Å². The zero-order valence-corrected chi connectivity index (χ0v) is 22.4. The molecule has 0 fully saturated rings. The molecule has 1 rings (SSSR count). The third kappa shape index (κ3) is 26.6. The fourth-order valence-corrected chi connectivity index (χ4v) is 2.25. The quantitative estimate of drug-likeness (QED) is 0.167. The fourth-order valence-electron chi connectivity index (χ4n) is 2.25. The first-order chi connectivity index (χ1) is 16.7. The van der Waals surface area contributed by atoms with E-state index < -0.39 is 0 Å². The van der Waals surface area contributed by atoms with Gasteiger partial charge in [0.1, 0.15) is 6.29 Å². The van der Waals surface area contributed by atoms with Crippen LogP contribution in [-0.4, -0.2) is 96.0 Å². The number of carbonyl (C=O) groups is 3. The number of carbonyl (C=O) groups excluding carboxylic acids is 3. The predicted molar refractivity (Wildman–Crippen MR) is 136 cm³/mol. The van der Waals surface area contributed by atoms with E-state index in [1.165, 1.54) is 38.0 Å². The van der Waals surface area contributed by atoms with Gasteiger partial charge in [0.05, 0.1) is 59.4 Å². The lowest BCUT2D eigenvalue weighted by molar-refractivity contribution is -0.137. The van der Waals surface area contributed by atoms with Gasteiger partial charge in [-0.15, -0.1) is 0 Å². The maximum atomic E-state index is 11.2. The van der Waals surface area contributed by atoms with Crippen LogP contribution in [0.1, 0.15) is 60.3 Å². The summed E-state index contributed by atoms with van der Waals surface area (Å²) >= 11 is 0. The maximum absolute atomic E-state index is 11.2. The van der Waals surface area contributed by atoms with E-state index in [4.69, 9.17) is 18.9 Å². The lowest BCUT2D eigenvalue weighted by atomic mass is 10.2. The standard InChI is InChI=1S/C15H23NO7.C6H15N.2C2H6/c17-5-1-6-20-8-10-22-12-13-23-11-9-21-7-4-16-14(18)2-3-15(16)19;1-3-4-5-6-7-2;2*1-2/h2-3,5H,1,4,6-13H2;7H,3-6H2,1-2H3;2*1-2H3. The van der Waals surface area contributed by atoms with Gasteiger partial charge in [-0.1, -0.05) is 47.5 Å². The molecule has 1 aliphatic rings. The second kappa shape index (κ2) is 33.5. The number of hydrogen-bond acceptors (Lipinski definition) is 8. The van der Waals surface area contributed by atoms with Crippen molar-refractivity contribution >= 4 is 18.1 Å². The summed E-state index contributed by atoms with van der Waals surface area (Å²) in [6.45, 7) is 15.0. The molecule has 0 aromatic carbocycles. The minimum Gasteiger partial charge on any atom is -0.379 e. The van der Waals surface area contributed by atoms with Crippen LogP contribution in [0.2, 0.25) is 0 Å². The molecule has 0 unspecified atom stereocenters. The van der Waals surface area contributed by atoms with Gasteiger partial charge in [0, 0.05) is 18.6 Å². The van der Waals surface area contributed by atoms with Crippen molar-refractivity contribution in [1.29, 1.82) is 0 Å². The van der Waals surface area contributed by atoms with Crippen molar-refractivity contribution in [2.75, 3.05) is 73.0 Å². The smallest absolute Gasteiger partial charge is 0.253 e. The second-order valence-corrected chi connectivity index (χ2v) is 6.38. The predicted octanol–water partition coefficient (Wildman–Crippen LogP) is 3.02. The molecule has 34 heavy (non-hydrogen) atoms. The van der Waals surface area contributed by atoms with Gasteiger partial charge in [-0.2, -0.15) is 0 Å². The van der Waals surface area contributed by atoms with E-state index in [1.54, 1.807) is 0 Å². The minimum absolute atomic E-state index is 0.248. The number of amides is 2. The Balaban J connectivity index is -0.000000736. The summed E-state index contributed by atoms with van der Waals surface area (Å²) in [6.07, 6.45) is 7.72. The number of aldehydes is 1. The molecule has 9 nitrogen and oxygen atoms in total. The summed E-state index contributed by atoms with van der Waals surface area (Å²) in [6, 6.07) is 0. The highest BCUT2D eigenvalue weighted by Crippen LogP contribution is 2.02. The zero-order chi connectivity index (χ0) is 26.3. The Hall–Kier alpha value is -1.65. The fraction of sp³-hybridized carbons (Fsp3) is 0.800. The number of nitrogens with one attached hydrogen (secondary N) is 1. The van der Waals surface area contributed by atoms with Gasteiger partial charge in [0.25, 0.3) is 11.8 Å². The lowest BCUT2D eigenvalue weighted by Gasteiger charge is -2.13. The maximum Gasteiger partial charge on any atom is 0.253 e. The SMILES string of the molecule is CC.CC.CCCCCNC.O=CCCOCCOCCOCCOCCN1C(=O)C=CC1=O. The molecule has 202 valence electrons. The van der Waals surface area contributed by atoms with Crippen LogP contribution in [0.25, 0.3) is 0 Å². The largest absolute Gasteiger partial charge is 0.379 e. The second-order valence-electron chi connectivity index (χ2n) is 6.38. The van der Waals surface area contributed by atoms with Crippen LogP contribution in [0, 0.1) is 0 Å². The topological polar surface area (TPSA) is 103 Å². The third-order valence-corrected chi connectivity index (χ3v) is 3.89. The highest BCUT2D eigenvalue weighted by molar-refractivity contribution is 6.12. The monoisotopic (exact) mass is 490 g/mol. The summed E-state index contributed by atoms with van der Waals surface area (Å²) in [5.41, 5.74) is 0. The van der Waals surface area contributed by atoms with Crippen molar-refractivity contribution in [1.82, 2.24) is 10.2 Å². The molecule has 0 aliphatic carbocycles. The molecule has 1 N–H and O–H groups in total. The molecular weight excluding hydrogens is 440 g/mol. The molecule has 0 spiro atoms. The number of nitrogens with zero attached hydrogens (tertiary/aromatic N) is 1. The highest BCUT2D eigenvalue weighted by atomic mass is 16.6. The van der Waals surface area contributed by atoms with Crippen molar-refractivity contribution in [3.63, 3.8) is 0 Å². The molecular formula is C25H50N2O7. The minimum atomic E-state index is -0.304. The Morgan fingerprint density at radius 2 is 1.21 bits per heavy atom. The van der Waals surface area contributed by atoms with Gasteiger partial charge in [-0.05, 0) is 20.0 Å². The summed E-state index contributed by atoms with van der Waals surface area (Å²) in [7, 11) is 2.00. The first-order valence-corrected chi connectivity index (χ1v) is 12.6. The molecule has 9 heteroatoms. The Kier molecular flexibility index (Phi) is 36.4. The van der Waals surface area contributed by atoms with Gasteiger partial charge in [-0.25, -0.2) is 0 Å². The van der Waals surface area contributed by atoms with Crippen LogP contribution in [-0.2, 0) is 33.3 Å². The third-order valence-electron chi connectivity index (χ3n) is 3.89. The van der Waals surface area contributed by atoms with Crippen molar-refractivity contribution in [3.05, 3.63) is 12.2 Å². The Bertz CT molecular complexity index is 452. The van der Waals surface area contributed by atoms with Crippen LogP contribution in [0.5, 0.6) is 0 Å². The Morgan fingerprint density at radius 3 is 1.62 bits per heavy atom. The number of ether oxygens (including phenoxy) is 4. The normalized spacial score (nSPS) is 11.8. The van der Waals surface area contributed by atoms with E-state index in [2.05, 4.69) is 12.2 Å². The van der Waals surface area contributed by atoms with Crippen LogP contribution in [0.3, 0.4) is 0 Å². The number of imide groups is 1. The van der Waals surface area contributed by atoms with E-state index in [0.717, 1.165) is 11.2 Å². The molecule has 0 saturated carbocycles. The van der Waals surface area contributed by atoms with Crippen LogP contribution >= 0.6 is 0 Å². The molecule has 1 aliphatic heterocycles. The Labute approximate surface area is 207 Å². The molecule has 0 aromatic rings. The molecule has 0 bridgehead atoms. The van der Waals surface area contributed by atoms with E-state index in [1.807, 2.05) is 34.7 Å². The molecule has 0 radical (unpaired) electrons. The summed E-state index contributed by atoms with van der Waals surface area (Å²) in [5.74, 6) is -0.607. The molecule has 1 heterocycles. The molecule has 0 atom stereocenters. The van der Waals surface area contributed by atoms with Gasteiger partial charge < -0.3 is 29.1 Å². The number of unbranched alkanes of at least 4 members (excludes halogenated alkanes) is 2. The first-order valence-electron chi connectivity index (χ1n) is 12.6. The van der Waals surface area contributed by atoms with E-state index >= 15 is 0 Å².